The summed E-state index contributed by atoms with van der Waals surface area (Å²) in [6.45, 7) is -0.0720. The molecule has 1 amide bonds. The largest absolute Gasteiger partial charge is 0.344 e. The molecule has 5 heteroatoms. The molecule has 1 heterocycles. The molecule has 0 spiro atoms. The van der Waals surface area contributed by atoms with Gasteiger partial charge in [0.25, 0.3) is 5.56 Å². The Morgan fingerprint density at radius 1 is 0.897 bits per heavy atom. The van der Waals surface area contributed by atoms with E-state index in [2.05, 4.69) is 5.32 Å². The van der Waals surface area contributed by atoms with E-state index in [-0.39, 0.29) is 24.1 Å². The van der Waals surface area contributed by atoms with Gasteiger partial charge in [-0.3, -0.25) is 9.59 Å². The summed E-state index contributed by atoms with van der Waals surface area (Å²) in [5, 5.41) is 4.84. The van der Waals surface area contributed by atoms with Crippen LogP contribution in [-0.4, -0.2) is 10.5 Å². The topological polar surface area (TPSA) is 51.1 Å². The van der Waals surface area contributed by atoms with E-state index in [1.807, 2.05) is 66.7 Å². The number of nitrogens with zero attached hydrogens (tertiary/aromatic N) is 1. The summed E-state index contributed by atoms with van der Waals surface area (Å²) >= 11 is 6.03. The second kappa shape index (κ2) is 8.33. The van der Waals surface area contributed by atoms with Crippen LogP contribution in [0.5, 0.6) is 0 Å². The van der Waals surface area contributed by atoms with Crippen molar-refractivity contribution in [2.24, 2.45) is 0 Å². The van der Waals surface area contributed by atoms with E-state index in [0.717, 1.165) is 16.5 Å². The van der Waals surface area contributed by atoms with Crippen LogP contribution < -0.4 is 10.9 Å². The molecule has 4 aromatic rings. The number of rotatable bonds is 5. The number of benzene rings is 3. The number of pyridine rings is 1. The highest BCUT2D eigenvalue weighted by atomic mass is 35.5. The summed E-state index contributed by atoms with van der Waals surface area (Å²) in [6.07, 6.45) is 1.64. The third-order valence-corrected chi connectivity index (χ3v) is 5.06. The van der Waals surface area contributed by atoms with Crippen LogP contribution >= 0.6 is 11.6 Å². The molecule has 29 heavy (non-hydrogen) atoms. The second-order valence-electron chi connectivity index (χ2n) is 6.80. The first-order valence-corrected chi connectivity index (χ1v) is 9.67. The predicted molar refractivity (Wildman–Crippen MR) is 116 cm³/mol. The van der Waals surface area contributed by atoms with Gasteiger partial charge in [0.05, 0.1) is 6.04 Å². The zero-order valence-corrected chi connectivity index (χ0v) is 16.3. The molecule has 0 aliphatic carbocycles. The zero-order chi connectivity index (χ0) is 20.2. The van der Waals surface area contributed by atoms with Crippen LogP contribution in [-0.2, 0) is 11.3 Å². The lowest BCUT2D eigenvalue weighted by Crippen LogP contribution is -2.35. The summed E-state index contributed by atoms with van der Waals surface area (Å²) in [6, 6.07) is 26.2. The highest BCUT2D eigenvalue weighted by Gasteiger charge is 2.17. The predicted octanol–water partition coefficient (Wildman–Crippen LogP) is 4.56. The van der Waals surface area contributed by atoms with Gasteiger partial charge in [0, 0.05) is 16.6 Å². The third kappa shape index (κ3) is 4.23. The van der Waals surface area contributed by atoms with Crippen LogP contribution in [0, 0.1) is 0 Å². The third-order valence-electron chi connectivity index (χ3n) is 4.83. The number of carbonyl (C=O) groups is 1. The van der Waals surface area contributed by atoms with Crippen LogP contribution in [0.2, 0.25) is 5.02 Å². The maximum Gasteiger partial charge on any atom is 0.258 e. The van der Waals surface area contributed by atoms with Gasteiger partial charge in [0.2, 0.25) is 5.91 Å². The number of carbonyl (C=O) groups excluding carboxylic acids is 1. The standard InChI is InChI=1S/C24H19ClN2O2/c25-20-12-11-17-13-14-27(24(29)21(17)15-20)16-22(28)26-23(18-7-3-1-4-8-18)19-9-5-2-6-10-19/h1-15,23H,16H2,(H,26,28). The molecule has 0 atom stereocenters. The molecule has 0 saturated carbocycles. The van der Waals surface area contributed by atoms with Crippen molar-refractivity contribution >= 4 is 28.3 Å². The fourth-order valence-electron chi connectivity index (χ4n) is 3.39. The van der Waals surface area contributed by atoms with E-state index in [1.165, 1.54) is 4.57 Å². The fourth-order valence-corrected chi connectivity index (χ4v) is 3.56. The van der Waals surface area contributed by atoms with E-state index in [4.69, 9.17) is 11.6 Å². The lowest BCUT2D eigenvalue weighted by Gasteiger charge is -2.20. The molecule has 0 fully saturated rings. The molecule has 4 rings (SSSR count). The molecular formula is C24H19ClN2O2. The van der Waals surface area contributed by atoms with Crippen LogP contribution in [0.4, 0.5) is 0 Å². The van der Waals surface area contributed by atoms with Gasteiger partial charge in [-0.05, 0) is 34.7 Å². The Hall–Kier alpha value is -3.37. The lowest BCUT2D eigenvalue weighted by molar-refractivity contribution is -0.122. The van der Waals surface area contributed by atoms with Crippen molar-refractivity contribution in [3.8, 4) is 0 Å². The average Bonchev–Trinajstić information content (AvgIpc) is 2.76. The van der Waals surface area contributed by atoms with Crippen molar-refractivity contribution < 1.29 is 4.79 Å². The van der Waals surface area contributed by atoms with Crippen molar-refractivity contribution in [2.75, 3.05) is 0 Å². The highest BCUT2D eigenvalue weighted by Crippen LogP contribution is 2.22. The Balaban J connectivity index is 1.61. The van der Waals surface area contributed by atoms with Crippen molar-refractivity contribution in [1.29, 1.82) is 0 Å². The molecular weight excluding hydrogens is 384 g/mol. The van der Waals surface area contributed by atoms with Gasteiger partial charge in [-0.25, -0.2) is 0 Å². The Bertz CT molecular complexity index is 1160. The normalized spacial score (nSPS) is 11.0. The minimum Gasteiger partial charge on any atom is -0.344 e. The van der Waals surface area contributed by atoms with Gasteiger partial charge in [-0.1, -0.05) is 78.3 Å². The van der Waals surface area contributed by atoms with Crippen molar-refractivity contribution in [2.45, 2.75) is 12.6 Å². The molecule has 0 aliphatic rings. The number of hydrogen-bond acceptors (Lipinski definition) is 2. The Labute approximate surface area is 173 Å². The summed E-state index contributed by atoms with van der Waals surface area (Å²) < 4.78 is 1.40. The molecule has 144 valence electrons. The summed E-state index contributed by atoms with van der Waals surface area (Å²) in [5.74, 6) is -0.244. The van der Waals surface area contributed by atoms with E-state index in [1.54, 1.807) is 24.4 Å². The van der Waals surface area contributed by atoms with E-state index in [9.17, 15) is 9.59 Å². The summed E-state index contributed by atoms with van der Waals surface area (Å²) in [7, 11) is 0. The van der Waals surface area contributed by atoms with E-state index in [0.29, 0.717) is 10.4 Å². The Kier molecular flexibility index (Phi) is 5.45. The summed E-state index contributed by atoms with van der Waals surface area (Å²) in [4.78, 5) is 25.6. The minimum absolute atomic E-state index is 0.0720. The van der Waals surface area contributed by atoms with Gasteiger partial charge < -0.3 is 9.88 Å². The van der Waals surface area contributed by atoms with E-state index < -0.39 is 0 Å². The first-order valence-electron chi connectivity index (χ1n) is 9.30. The molecule has 0 unspecified atom stereocenters. The highest BCUT2D eigenvalue weighted by molar-refractivity contribution is 6.31. The fraction of sp³-hybridized carbons (Fsp3) is 0.0833. The van der Waals surface area contributed by atoms with Crippen LogP contribution in [0.3, 0.4) is 0 Å². The number of fused-ring (bicyclic) bond motifs is 1. The van der Waals surface area contributed by atoms with E-state index >= 15 is 0 Å². The number of halogens is 1. The van der Waals surface area contributed by atoms with Crippen LogP contribution in [0.25, 0.3) is 10.8 Å². The van der Waals surface area contributed by atoms with Crippen molar-refractivity contribution in [3.05, 3.63) is 118 Å². The Morgan fingerprint density at radius 2 is 1.52 bits per heavy atom. The smallest absolute Gasteiger partial charge is 0.258 e. The molecule has 1 aromatic heterocycles. The monoisotopic (exact) mass is 402 g/mol. The number of amides is 1. The zero-order valence-electron chi connectivity index (χ0n) is 15.6. The van der Waals surface area contributed by atoms with Crippen LogP contribution in [0.1, 0.15) is 17.2 Å². The quantitative estimate of drug-likeness (QED) is 0.532. The number of aromatic nitrogens is 1. The molecule has 0 radical (unpaired) electrons. The SMILES string of the molecule is O=C(Cn1ccc2ccc(Cl)cc2c1=O)NC(c1ccccc1)c1ccccc1. The van der Waals surface area contributed by atoms with Gasteiger partial charge in [-0.15, -0.1) is 0 Å². The number of nitrogens with one attached hydrogen (secondary N) is 1. The van der Waals surface area contributed by atoms with Crippen molar-refractivity contribution in [1.82, 2.24) is 9.88 Å². The maximum absolute atomic E-state index is 12.8. The first-order chi connectivity index (χ1) is 14.1. The van der Waals surface area contributed by atoms with Gasteiger partial charge in [0.15, 0.2) is 0 Å². The minimum atomic E-state index is -0.296. The molecule has 0 saturated heterocycles. The van der Waals surface area contributed by atoms with Gasteiger partial charge in [-0.2, -0.15) is 0 Å². The molecule has 1 N–H and O–H groups in total. The molecule has 0 aliphatic heterocycles. The van der Waals surface area contributed by atoms with Crippen LogP contribution in [0.15, 0.2) is 95.9 Å². The maximum atomic E-state index is 12.8. The first kappa shape index (κ1) is 19.0. The lowest BCUT2D eigenvalue weighted by atomic mass is 9.99. The molecule has 4 nitrogen and oxygen atoms in total. The molecule has 3 aromatic carbocycles. The Morgan fingerprint density at radius 3 is 2.14 bits per heavy atom. The summed E-state index contributed by atoms with van der Waals surface area (Å²) in [5.41, 5.74) is 1.71. The van der Waals surface area contributed by atoms with Crippen molar-refractivity contribution in [3.63, 3.8) is 0 Å². The van der Waals surface area contributed by atoms with Gasteiger partial charge in [0.1, 0.15) is 6.54 Å². The van der Waals surface area contributed by atoms with Gasteiger partial charge >= 0.3 is 0 Å². The second-order valence-corrected chi connectivity index (χ2v) is 7.24. The molecule has 0 bridgehead atoms. The number of hydrogen-bond donors (Lipinski definition) is 1. The average molecular weight is 403 g/mol.